The molecule has 35 heavy (non-hydrogen) atoms. The van der Waals surface area contributed by atoms with E-state index in [1.807, 2.05) is 29.2 Å². The Morgan fingerprint density at radius 2 is 1.80 bits per heavy atom. The lowest BCUT2D eigenvalue weighted by molar-refractivity contribution is 0.00699. The van der Waals surface area contributed by atoms with Crippen LogP contribution >= 0.6 is 0 Å². The molecule has 3 fully saturated rings. The van der Waals surface area contributed by atoms with E-state index in [9.17, 15) is 10.1 Å². The van der Waals surface area contributed by atoms with Gasteiger partial charge in [0.25, 0.3) is 0 Å². The number of carbonyl (C=O) groups is 1. The van der Waals surface area contributed by atoms with Gasteiger partial charge in [0.1, 0.15) is 0 Å². The Hall–Kier alpha value is -2.84. The molecule has 0 N–H and O–H groups in total. The Kier molecular flexibility index (Phi) is 6.59. The molecular weight excluding hydrogens is 432 g/mol. The maximum atomic E-state index is 13.8. The number of hydrogen-bond acceptors (Lipinski definition) is 3. The fourth-order valence-electron chi connectivity index (χ4n) is 6.67. The zero-order valence-corrected chi connectivity index (χ0v) is 21.2. The Bertz CT molecular complexity index is 1080. The van der Waals surface area contributed by atoms with Gasteiger partial charge in [-0.3, -0.25) is 4.90 Å². The Labute approximate surface area is 210 Å². The molecule has 0 atom stereocenters. The molecule has 2 saturated carbocycles. The standard InChI is InChI=1S/C30H38N4O/c1-3-32(2)30(27-13-5-4-6-14-27)17-15-29(16-18-30)23-33(21-26-12-8-11-25(19-26)20-31)28(35)34(29)22-24-9-7-10-24/h4-6,8,11-14,19,24H,3,7,9-10,15-18,21-23H2,1-2H3/t29-,30+. The number of carbonyl (C=O) groups excluding carboxylic acids is 1. The molecular formula is C30H38N4O. The van der Waals surface area contributed by atoms with Crippen LogP contribution in [0.3, 0.4) is 0 Å². The maximum absolute atomic E-state index is 13.8. The van der Waals surface area contributed by atoms with E-state index in [4.69, 9.17) is 0 Å². The summed E-state index contributed by atoms with van der Waals surface area (Å²) in [5.41, 5.74) is 3.04. The molecule has 184 valence electrons. The summed E-state index contributed by atoms with van der Waals surface area (Å²) in [7, 11) is 2.26. The number of rotatable bonds is 7. The minimum absolute atomic E-state index is 0.0288. The van der Waals surface area contributed by atoms with Crippen molar-refractivity contribution in [3.63, 3.8) is 0 Å². The highest BCUT2D eigenvalue weighted by Gasteiger charge is 2.55. The summed E-state index contributed by atoms with van der Waals surface area (Å²) in [4.78, 5) is 20.7. The smallest absolute Gasteiger partial charge is 0.318 e. The van der Waals surface area contributed by atoms with Crippen molar-refractivity contribution in [2.24, 2.45) is 5.92 Å². The molecule has 2 aromatic rings. The van der Waals surface area contributed by atoms with Gasteiger partial charge < -0.3 is 9.80 Å². The SMILES string of the molecule is CCN(C)[C@]1(c2ccccc2)CC[C@]2(CC1)CN(Cc1cccc(C#N)c1)C(=O)N2CC1CCC1. The van der Waals surface area contributed by atoms with Gasteiger partial charge in [0.05, 0.1) is 17.2 Å². The molecule has 2 amide bonds. The van der Waals surface area contributed by atoms with E-state index in [2.05, 4.69) is 60.2 Å². The van der Waals surface area contributed by atoms with Crippen molar-refractivity contribution in [2.45, 2.75) is 69.5 Å². The van der Waals surface area contributed by atoms with Crippen molar-refractivity contribution >= 4 is 6.03 Å². The van der Waals surface area contributed by atoms with E-state index in [-0.39, 0.29) is 17.1 Å². The number of amides is 2. The summed E-state index contributed by atoms with van der Waals surface area (Å²) in [5.74, 6) is 0.650. The molecule has 1 heterocycles. The highest BCUT2D eigenvalue weighted by molar-refractivity contribution is 5.78. The van der Waals surface area contributed by atoms with Crippen LogP contribution in [-0.2, 0) is 12.1 Å². The van der Waals surface area contributed by atoms with E-state index in [1.54, 1.807) is 0 Å². The molecule has 2 aliphatic carbocycles. The van der Waals surface area contributed by atoms with Crippen molar-refractivity contribution in [3.05, 3.63) is 71.3 Å². The molecule has 1 aliphatic heterocycles. The van der Waals surface area contributed by atoms with Crippen molar-refractivity contribution in [3.8, 4) is 6.07 Å². The molecule has 5 rings (SSSR count). The van der Waals surface area contributed by atoms with Crippen LogP contribution in [0.2, 0.25) is 0 Å². The third-order valence-corrected chi connectivity index (χ3v) is 9.18. The minimum Gasteiger partial charge on any atom is -0.318 e. The van der Waals surface area contributed by atoms with Gasteiger partial charge in [0, 0.05) is 25.2 Å². The molecule has 0 bridgehead atoms. The third-order valence-electron chi connectivity index (χ3n) is 9.18. The highest BCUT2D eigenvalue weighted by atomic mass is 16.2. The number of nitriles is 1. The van der Waals surface area contributed by atoms with Gasteiger partial charge in [-0.15, -0.1) is 0 Å². The van der Waals surface area contributed by atoms with Gasteiger partial charge in [-0.1, -0.05) is 55.8 Å². The maximum Gasteiger partial charge on any atom is 0.320 e. The molecule has 0 unspecified atom stereocenters. The van der Waals surface area contributed by atoms with Crippen molar-refractivity contribution < 1.29 is 4.79 Å². The van der Waals surface area contributed by atoms with Crippen LogP contribution in [0.5, 0.6) is 0 Å². The van der Waals surface area contributed by atoms with Crippen molar-refractivity contribution in [1.82, 2.24) is 14.7 Å². The average molecular weight is 471 g/mol. The van der Waals surface area contributed by atoms with E-state index < -0.39 is 0 Å². The zero-order valence-electron chi connectivity index (χ0n) is 21.2. The Morgan fingerprint density at radius 1 is 1.06 bits per heavy atom. The lowest BCUT2D eigenvalue weighted by atomic mass is 9.68. The van der Waals surface area contributed by atoms with Gasteiger partial charge in [-0.2, -0.15) is 5.26 Å². The predicted molar refractivity (Wildman–Crippen MR) is 139 cm³/mol. The molecule has 0 aromatic heterocycles. The Balaban J connectivity index is 1.41. The topological polar surface area (TPSA) is 50.6 Å². The average Bonchev–Trinajstić information content (AvgIpc) is 3.12. The van der Waals surface area contributed by atoms with Crippen LogP contribution < -0.4 is 0 Å². The molecule has 3 aliphatic rings. The van der Waals surface area contributed by atoms with E-state index in [0.29, 0.717) is 18.0 Å². The predicted octanol–water partition coefficient (Wildman–Crippen LogP) is 5.76. The van der Waals surface area contributed by atoms with Crippen molar-refractivity contribution in [1.29, 1.82) is 5.26 Å². The third kappa shape index (κ3) is 4.34. The first-order valence-electron chi connectivity index (χ1n) is 13.3. The molecule has 5 heteroatoms. The summed E-state index contributed by atoms with van der Waals surface area (Å²) >= 11 is 0. The normalized spacial score (nSPS) is 26.9. The molecule has 0 radical (unpaired) electrons. The summed E-state index contributed by atoms with van der Waals surface area (Å²) in [6, 6.07) is 21.1. The molecule has 1 spiro atoms. The lowest BCUT2D eigenvalue weighted by Gasteiger charge is -2.52. The number of urea groups is 1. The van der Waals surface area contributed by atoms with Crippen LogP contribution in [-0.4, -0.2) is 53.0 Å². The van der Waals surface area contributed by atoms with Crippen molar-refractivity contribution in [2.75, 3.05) is 26.7 Å². The summed E-state index contributed by atoms with van der Waals surface area (Å²) < 4.78 is 0. The van der Waals surface area contributed by atoms with E-state index in [1.165, 1.54) is 24.8 Å². The van der Waals surface area contributed by atoms with Crippen LogP contribution in [0.1, 0.15) is 68.6 Å². The quantitative estimate of drug-likeness (QED) is 0.517. The summed E-state index contributed by atoms with van der Waals surface area (Å²) in [6.07, 6.45) is 7.97. The Morgan fingerprint density at radius 3 is 2.43 bits per heavy atom. The van der Waals surface area contributed by atoms with Crippen LogP contribution in [0.25, 0.3) is 0 Å². The molecule has 1 saturated heterocycles. The second kappa shape index (κ2) is 9.66. The molecule has 2 aromatic carbocycles. The van der Waals surface area contributed by atoms with Gasteiger partial charge >= 0.3 is 6.03 Å². The zero-order chi connectivity index (χ0) is 24.5. The van der Waals surface area contributed by atoms with E-state index >= 15 is 0 Å². The second-order valence-electron chi connectivity index (χ2n) is 11.0. The first-order valence-corrected chi connectivity index (χ1v) is 13.3. The summed E-state index contributed by atoms with van der Waals surface area (Å²) in [5, 5.41) is 9.31. The highest BCUT2D eigenvalue weighted by Crippen LogP contribution is 2.50. The largest absolute Gasteiger partial charge is 0.320 e. The van der Waals surface area contributed by atoms with Gasteiger partial charge in [-0.05, 0) is 81.3 Å². The first kappa shape index (κ1) is 23.9. The minimum atomic E-state index is -0.0909. The van der Waals surface area contributed by atoms with Crippen LogP contribution in [0.4, 0.5) is 4.79 Å². The van der Waals surface area contributed by atoms with Gasteiger partial charge in [-0.25, -0.2) is 4.79 Å². The number of nitrogens with zero attached hydrogens (tertiary/aromatic N) is 4. The van der Waals surface area contributed by atoms with E-state index in [0.717, 1.165) is 50.9 Å². The lowest BCUT2D eigenvalue weighted by Crippen LogP contribution is -2.57. The number of hydrogen-bond donors (Lipinski definition) is 0. The van der Waals surface area contributed by atoms with Gasteiger partial charge in [0.15, 0.2) is 0 Å². The van der Waals surface area contributed by atoms with Gasteiger partial charge in [0.2, 0.25) is 0 Å². The fraction of sp³-hybridized carbons (Fsp3) is 0.533. The first-order chi connectivity index (χ1) is 17.0. The fourth-order valence-corrected chi connectivity index (χ4v) is 6.67. The monoisotopic (exact) mass is 470 g/mol. The number of benzene rings is 2. The second-order valence-corrected chi connectivity index (χ2v) is 11.0. The van der Waals surface area contributed by atoms with Crippen LogP contribution in [0.15, 0.2) is 54.6 Å². The molecule has 5 nitrogen and oxygen atoms in total. The summed E-state index contributed by atoms with van der Waals surface area (Å²) in [6.45, 7) is 5.52. The van der Waals surface area contributed by atoms with Crippen LogP contribution in [0, 0.1) is 17.2 Å².